The number of fused-ring (bicyclic) bond motifs is 1. The minimum Gasteiger partial charge on any atom is -0.463 e. The molecule has 0 radical (unpaired) electrons. The van der Waals surface area contributed by atoms with Crippen LogP contribution in [-0.4, -0.2) is 29.9 Å². The maximum Gasteiger partial charge on any atom is 0.257 e. The summed E-state index contributed by atoms with van der Waals surface area (Å²) in [6.07, 6.45) is 1.51. The Morgan fingerprint density at radius 3 is 2.72 bits per heavy atom. The van der Waals surface area contributed by atoms with E-state index in [1.165, 1.54) is 6.26 Å². The molecule has 0 aliphatic rings. The largest absolute Gasteiger partial charge is 0.463 e. The number of furan rings is 1. The number of nitrogens with two attached hydrogens (primary N) is 1. The lowest BCUT2D eigenvalue weighted by molar-refractivity contribution is 0.0641. The van der Waals surface area contributed by atoms with Crippen molar-refractivity contribution in [2.24, 2.45) is 5.73 Å². The van der Waals surface area contributed by atoms with Gasteiger partial charge in [-0.1, -0.05) is 18.2 Å². The van der Waals surface area contributed by atoms with Crippen molar-refractivity contribution in [3.8, 4) is 0 Å². The number of amides is 1. The number of carbonyl (C=O) groups is 1. The Labute approximate surface area is 106 Å². The smallest absolute Gasteiger partial charge is 0.257 e. The monoisotopic (exact) mass is 246 g/mol. The summed E-state index contributed by atoms with van der Waals surface area (Å²) >= 11 is 0. The van der Waals surface area contributed by atoms with Crippen molar-refractivity contribution in [2.75, 3.05) is 13.6 Å². The Morgan fingerprint density at radius 2 is 2.06 bits per heavy atom. The highest BCUT2D eigenvalue weighted by Gasteiger charge is 2.28. The van der Waals surface area contributed by atoms with Crippen molar-refractivity contribution in [3.05, 3.63) is 36.1 Å². The van der Waals surface area contributed by atoms with Crippen molar-refractivity contribution < 1.29 is 9.21 Å². The molecule has 0 aliphatic heterocycles. The van der Waals surface area contributed by atoms with E-state index in [2.05, 4.69) is 0 Å². The number of benzene rings is 1. The van der Waals surface area contributed by atoms with E-state index < -0.39 is 0 Å². The second-order valence-electron chi connectivity index (χ2n) is 5.03. The van der Waals surface area contributed by atoms with E-state index in [-0.39, 0.29) is 11.4 Å². The van der Waals surface area contributed by atoms with Gasteiger partial charge in [0.15, 0.2) is 0 Å². The highest BCUT2D eigenvalue weighted by atomic mass is 16.3. The highest BCUT2D eigenvalue weighted by Crippen LogP contribution is 2.24. The first-order valence-electron chi connectivity index (χ1n) is 5.92. The molecule has 0 bridgehead atoms. The van der Waals surface area contributed by atoms with Crippen LogP contribution in [0.25, 0.3) is 11.0 Å². The van der Waals surface area contributed by atoms with Gasteiger partial charge >= 0.3 is 0 Å². The first kappa shape index (κ1) is 12.6. The lowest BCUT2D eigenvalue weighted by Gasteiger charge is -2.34. The lowest BCUT2D eigenvalue weighted by Crippen LogP contribution is -2.49. The van der Waals surface area contributed by atoms with Gasteiger partial charge in [0.05, 0.1) is 5.56 Å². The van der Waals surface area contributed by atoms with Crippen LogP contribution in [0.5, 0.6) is 0 Å². The average Bonchev–Trinajstić information content (AvgIpc) is 2.80. The SMILES string of the molecule is CN(C(=O)c1coc2ccccc12)C(C)(C)CN. The molecule has 0 fully saturated rings. The van der Waals surface area contributed by atoms with Gasteiger partial charge in [-0.25, -0.2) is 0 Å². The molecule has 0 saturated carbocycles. The summed E-state index contributed by atoms with van der Waals surface area (Å²) < 4.78 is 5.39. The minimum atomic E-state index is -0.380. The second-order valence-corrected chi connectivity index (χ2v) is 5.03. The van der Waals surface area contributed by atoms with Crippen LogP contribution in [-0.2, 0) is 0 Å². The number of nitrogens with zero attached hydrogens (tertiary/aromatic N) is 1. The topological polar surface area (TPSA) is 59.5 Å². The van der Waals surface area contributed by atoms with Gasteiger partial charge in [-0.05, 0) is 19.9 Å². The van der Waals surface area contributed by atoms with Crippen LogP contribution in [0.15, 0.2) is 34.9 Å². The molecule has 0 unspecified atom stereocenters. The quantitative estimate of drug-likeness (QED) is 0.903. The predicted molar refractivity (Wildman–Crippen MR) is 71.4 cm³/mol. The summed E-state index contributed by atoms with van der Waals surface area (Å²) in [5, 5.41) is 0.835. The molecule has 0 atom stereocenters. The number of rotatable bonds is 3. The summed E-state index contributed by atoms with van der Waals surface area (Å²) in [4.78, 5) is 14.1. The fourth-order valence-electron chi connectivity index (χ4n) is 1.74. The predicted octanol–water partition coefficient (Wildman–Crippen LogP) is 2.24. The minimum absolute atomic E-state index is 0.0737. The summed E-state index contributed by atoms with van der Waals surface area (Å²) in [5.41, 5.74) is 6.61. The molecule has 0 aliphatic carbocycles. The molecule has 1 amide bonds. The van der Waals surface area contributed by atoms with Crippen molar-refractivity contribution in [1.82, 2.24) is 4.90 Å². The Hall–Kier alpha value is -1.81. The summed E-state index contributed by atoms with van der Waals surface area (Å²) in [6, 6.07) is 7.51. The average molecular weight is 246 g/mol. The van der Waals surface area contributed by atoms with Gasteiger partial charge in [0.1, 0.15) is 11.8 Å². The maximum absolute atomic E-state index is 12.4. The van der Waals surface area contributed by atoms with E-state index in [1.807, 2.05) is 38.1 Å². The third-order valence-electron chi connectivity index (χ3n) is 3.42. The van der Waals surface area contributed by atoms with Crippen molar-refractivity contribution in [1.29, 1.82) is 0 Å². The van der Waals surface area contributed by atoms with Gasteiger partial charge < -0.3 is 15.1 Å². The van der Waals surface area contributed by atoms with E-state index >= 15 is 0 Å². The number of likely N-dealkylation sites (N-methyl/N-ethyl adjacent to an activating group) is 1. The first-order chi connectivity index (χ1) is 8.47. The van der Waals surface area contributed by atoms with Crippen LogP contribution in [0.2, 0.25) is 0 Å². The van der Waals surface area contributed by atoms with Gasteiger partial charge in [0.25, 0.3) is 5.91 Å². The van der Waals surface area contributed by atoms with E-state index in [0.29, 0.717) is 12.1 Å². The molecule has 96 valence electrons. The summed E-state index contributed by atoms with van der Waals surface area (Å²) in [6.45, 7) is 4.28. The maximum atomic E-state index is 12.4. The summed E-state index contributed by atoms with van der Waals surface area (Å²) in [7, 11) is 1.76. The standard InChI is InChI=1S/C14H18N2O2/c1-14(2,9-15)16(3)13(17)11-8-18-12-7-5-4-6-10(11)12/h4-8H,9,15H2,1-3H3. The fraction of sp³-hybridized carbons (Fsp3) is 0.357. The molecule has 18 heavy (non-hydrogen) atoms. The number of carbonyl (C=O) groups excluding carboxylic acids is 1. The zero-order chi connectivity index (χ0) is 13.3. The van der Waals surface area contributed by atoms with Crippen LogP contribution in [0.1, 0.15) is 24.2 Å². The molecular weight excluding hydrogens is 228 g/mol. The number of hydrogen-bond acceptors (Lipinski definition) is 3. The molecule has 0 spiro atoms. The molecule has 1 aromatic carbocycles. The Kier molecular flexibility index (Phi) is 3.13. The Balaban J connectivity index is 2.40. The number of hydrogen-bond donors (Lipinski definition) is 1. The van der Waals surface area contributed by atoms with E-state index in [4.69, 9.17) is 10.2 Å². The van der Waals surface area contributed by atoms with Crippen LogP contribution < -0.4 is 5.73 Å². The van der Waals surface area contributed by atoms with Crippen molar-refractivity contribution in [3.63, 3.8) is 0 Å². The summed E-state index contributed by atoms with van der Waals surface area (Å²) in [5.74, 6) is -0.0737. The molecule has 0 saturated heterocycles. The van der Waals surface area contributed by atoms with E-state index in [1.54, 1.807) is 11.9 Å². The van der Waals surface area contributed by atoms with Crippen molar-refractivity contribution >= 4 is 16.9 Å². The Bertz CT molecular complexity index is 572. The highest BCUT2D eigenvalue weighted by molar-refractivity contribution is 6.06. The van der Waals surface area contributed by atoms with Crippen LogP contribution in [0.3, 0.4) is 0 Å². The number of para-hydroxylation sites is 1. The third-order valence-corrected chi connectivity index (χ3v) is 3.42. The van der Waals surface area contributed by atoms with Crippen molar-refractivity contribution in [2.45, 2.75) is 19.4 Å². The second kappa shape index (κ2) is 4.46. The molecule has 2 rings (SSSR count). The van der Waals surface area contributed by atoms with Crippen LogP contribution >= 0.6 is 0 Å². The van der Waals surface area contributed by atoms with Gasteiger partial charge in [-0.2, -0.15) is 0 Å². The van der Waals surface area contributed by atoms with E-state index in [0.717, 1.165) is 11.0 Å². The normalized spacial score (nSPS) is 11.8. The first-order valence-corrected chi connectivity index (χ1v) is 5.92. The fourth-order valence-corrected chi connectivity index (χ4v) is 1.74. The van der Waals surface area contributed by atoms with Gasteiger partial charge in [0, 0.05) is 24.5 Å². The molecule has 2 aromatic rings. The molecular formula is C14H18N2O2. The van der Waals surface area contributed by atoms with E-state index in [9.17, 15) is 4.79 Å². The molecule has 4 heteroatoms. The van der Waals surface area contributed by atoms with Gasteiger partial charge in [-0.3, -0.25) is 4.79 Å². The zero-order valence-electron chi connectivity index (χ0n) is 10.9. The van der Waals surface area contributed by atoms with Crippen LogP contribution in [0.4, 0.5) is 0 Å². The zero-order valence-corrected chi connectivity index (χ0v) is 10.9. The van der Waals surface area contributed by atoms with Crippen LogP contribution in [0, 0.1) is 0 Å². The lowest BCUT2D eigenvalue weighted by atomic mass is 10.0. The van der Waals surface area contributed by atoms with Gasteiger partial charge in [-0.15, -0.1) is 0 Å². The molecule has 2 N–H and O–H groups in total. The van der Waals surface area contributed by atoms with Gasteiger partial charge in [0.2, 0.25) is 0 Å². The molecule has 4 nitrogen and oxygen atoms in total. The molecule has 1 aromatic heterocycles. The third kappa shape index (κ3) is 1.99. The molecule has 1 heterocycles. The Morgan fingerprint density at radius 1 is 1.39 bits per heavy atom.